The monoisotopic (exact) mass is 249 g/mol. The van der Waals surface area contributed by atoms with Crippen LogP contribution in [0.4, 0.5) is 5.95 Å². The Bertz CT molecular complexity index is 383. The first-order valence-corrected chi connectivity index (χ1v) is 6.28. The summed E-state index contributed by atoms with van der Waals surface area (Å²) in [6, 6.07) is 1.78. The number of carbonyl (C=O) groups is 1. The summed E-state index contributed by atoms with van der Waals surface area (Å²) in [5.41, 5.74) is 5.35. The van der Waals surface area contributed by atoms with Crippen molar-refractivity contribution in [1.82, 2.24) is 14.9 Å². The van der Waals surface area contributed by atoms with Gasteiger partial charge in [-0.1, -0.05) is 0 Å². The number of rotatable bonds is 5. The van der Waals surface area contributed by atoms with Gasteiger partial charge in [0.2, 0.25) is 11.9 Å². The van der Waals surface area contributed by atoms with Crippen LogP contribution in [-0.2, 0) is 4.79 Å². The molecule has 98 valence electrons. The molecule has 1 aliphatic heterocycles. The molecular weight excluding hydrogens is 230 g/mol. The summed E-state index contributed by atoms with van der Waals surface area (Å²) in [6.07, 6.45) is 5.37. The summed E-state index contributed by atoms with van der Waals surface area (Å²) in [7, 11) is 0. The van der Waals surface area contributed by atoms with Gasteiger partial charge < -0.3 is 16.0 Å². The van der Waals surface area contributed by atoms with Crippen molar-refractivity contribution in [2.24, 2.45) is 11.7 Å². The molecule has 18 heavy (non-hydrogen) atoms. The third kappa shape index (κ3) is 3.66. The molecule has 1 atom stereocenters. The van der Waals surface area contributed by atoms with Crippen molar-refractivity contribution in [1.29, 1.82) is 0 Å². The van der Waals surface area contributed by atoms with Gasteiger partial charge in [-0.25, -0.2) is 9.97 Å². The number of amides is 1. The minimum atomic E-state index is -0.181. The second-order valence-corrected chi connectivity index (χ2v) is 4.54. The van der Waals surface area contributed by atoms with E-state index in [0.29, 0.717) is 5.95 Å². The van der Waals surface area contributed by atoms with E-state index in [9.17, 15) is 4.79 Å². The third-order valence-electron chi connectivity index (χ3n) is 3.18. The van der Waals surface area contributed by atoms with Crippen LogP contribution in [0.25, 0.3) is 0 Å². The Kier molecular flexibility index (Phi) is 4.46. The van der Waals surface area contributed by atoms with Crippen LogP contribution >= 0.6 is 0 Å². The summed E-state index contributed by atoms with van der Waals surface area (Å²) < 4.78 is 0. The SMILES string of the molecule is NC(=O)[C@@H]1CCCN(CCNc2ncccn2)C1. The predicted molar refractivity (Wildman–Crippen MR) is 68.9 cm³/mol. The summed E-state index contributed by atoms with van der Waals surface area (Å²) in [4.78, 5) is 21.6. The average molecular weight is 249 g/mol. The molecule has 1 aromatic rings. The topological polar surface area (TPSA) is 84.1 Å². The van der Waals surface area contributed by atoms with E-state index in [1.54, 1.807) is 18.5 Å². The van der Waals surface area contributed by atoms with Crippen molar-refractivity contribution in [2.75, 3.05) is 31.5 Å². The number of carbonyl (C=O) groups excluding carboxylic acids is 1. The second-order valence-electron chi connectivity index (χ2n) is 4.54. The molecule has 6 nitrogen and oxygen atoms in total. The molecule has 1 saturated heterocycles. The highest BCUT2D eigenvalue weighted by Crippen LogP contribution is 2.15. The molecule has 1 fully saturated rings. The van der Waals surface area contributed by atoms with E-state index < -0.39 is 0 Å². The van der Waals surface area contributed by atoms with Gasteiger partial charge in [-0.15, -0.1) is 0 Å². The van der Waals surface area contributed by atoms with Crippen molar-refractivity contribution in [3.05, 3.63) is 18.5 Å². The standard InChI is InChI=1S/C12H19N5O/c13-11(18)10-3-1-7-17(9-10)8-6-16-12-14-4-2-5-15-12/h2,4-5,10H,1,3,6-9H2,(H2,13,18)(H,14,15,16)/t10-/m1/s1. The number of nitrogens with zero attached hydrogens (tertiary/aromatic N) is 3. The molecule has 2 rings (SSSR count). The first-order valence-electron chi connectivity index (χ1n) is 6.28. The van der Waals surface area contributed by atoms with E-state index in [2.05, 4.69) is 20.2 Å². The maximum absolute atomic E-state index is 11.2. The highest BCUT2D eigenvalue weighted by Gasteiger charge is 2.23. The Hall–Kier alpha value is -1.69. The fourth-order valence-corrected chi connectivity index (χ4v) is 2.21. The normalized spacial score (nSPS) is 20.6. The van der Waals surface area contributed by atoms with Gasteiger partial charge in [0, 0.05) is 32.0 Å². The molecule has 0 bridgehead atoms. The minimum Gasteiger partial charge on any atom is -0.369 e. The summed E-state index contributed by atoms with van der Waals surface area (Å²) in [5.74, 6) is 0.465. The predicted octanol–water partition coefficient (Wildman–Crippen LogP) is 0.0858. The highest BCUT2D eigenvalue weighted by molar-refractivity contribution is 5.76. The van der Waals surface area contributed by atoms with Crippen LogP contribution in [0, 0.1) is 5.92 Å². The van der Waals surface area contributed by atoms with E-state index in [0.717, 1.165) is 39.0 Å². The fraction of sp³-hybridized carbons (Fsp3) is 0.583. The Labute approximate surface area is 107 Å². The maximum Gasteiger partial charge on any atom is 0.222 e. The average Bonchev–Trinajstić information content (AvgIpc) is 2.40. The van der Waals surface area contributed by atoms with Crippen molar-refractivity contribution in [2.45, 2.75) is 12.8 Å². The molecule has 1 aromatic heterocycles. The quantitative estimate of drug-likeness (QED) is 0.772. The number of nitrogens with one attached hydrogen (secondary N) is 1. The van der Waals surface area contributed by atoms with Crippen molar-refractivity contribution in [3.63, 3.8) is 0 Å². The Morgan fingerprint density at radius 1 is 1.50 bits per heavy atom. The molecule has 1 aliphatic rings. The zero-order valence-electron chi connectivity index (χ0n) is 10.4. The molecule has 1 amide bonds. The maximum atomic E-state index is 11.2. The first-order chi connectivity index (χ1) is 8.75. The molecule has 3 N–H and O–H groups in total. The van der Waals surface area contributed by atoms with Gasteiger partial charge in [0.1, 0.15) is 0 Å². The smallest absolute Gasteiger partial charge is 0.222 e. The van der Waals surface area contributed by atoms with Crippen LogP contribution in [-0.4, -0.2) is 47.0 Å². The van der Waals surface area contributed by atoms with Crippen LogP contribution in [0.15, 0.2) is 18.5 Å². The lowest BCUT2D eigenvalue weighted by atomic mass is 9.97. The van der Waals surface area contributed by atoms with E-state index in [1.165, 1.54) is 0 Å². The van der Waals surface area contributed by atoms with Crippen molar-refractivity contribution >= 4 is 11.9 Å². The number of aromatic nitrogens is 2. The molecule has 0 aromatic carbocycles. The number of hydrogen-bond acceptors (Lipinski definition) is 5. The Morgan fingerprint density at radius 2 is 2.28 bits per heavy atom. The third-order valence-corrected chi connectivity index (χ3v) is 3.18. The lowest BCUT2D eigenvalue weighted by molar-refractivity contribution is -0.123. The summed E-state index contributed by atoms with van der Waals surface area (Å²) in [5, 5.41) is 3.16. The van der Waals surface area contributed by atoms with Gasteiger partial charge >= 0.3 is 0 Å². The minimum absolute atomic E-state index is 0.00623. The number of primary amides is 1. The van der Waals surface area contributed by atoms with Crippen LogP contribution in [0.1, 0.15) is 12.8 Å². The molecule has 0 aliphatic carbocycles. The van der Waals surface area contributed by atoms with Gasteiger partial charge in [0.15, 0.2) is 0 Å². The zero-order valence-corrected chi connectivity index (χ0v) is 10.4. The molecular formula is C12H19N5O. The highest BCUT2D eigenvalue weighted by atomic mass is 16.1. The van der Waals surface area contributed by atoms with Gasteiger partial charge in [-0.3, -0.25) is 4.79 Å². The molecule has 0 saturated carbocycles. The second kappa shape index (κ2) is 6.30. The van der Waals surface area contributed by atoms with Crippen molar-refractivity contribution in [3.8, 4) is 0 Å². The van der Waals surface area contributed by atoms with Gasteiger partial charge in [0.25, 0.3) is 0 Å². The van der Waals surface area contributed by atoms with E-state index in [4.69, 9.17) is 5.73 Å². The van der Waals surface area contributed by atoms with Crippen LogP contribution in [0.3, 0.4) is 0 Å². The van der Waals surface area contributed by atoms with E-state index in [1.807, 2.05) is 0 Å². The van der Waals surface area contributed by atoms with Crippen molar-refractivity contribution < 1.29 is 4.79 Å². The zero-order chi connectivity index (χ0) is 12.8. The lowest BCUT2D eigenvalue weighted by Crippen LogP contribution is -2.42. The Morgan fingerprint density at radius 3 is 3.00 bits per heavy atom. The largest absolute Gasteiger partial charge is 0.369 e. The number of likely N-dealkylation sites (tertiary alicyclic amines) is 1. The van der Waals surface area contributed by atoms with E-state index in [-0.39, 0.29) is 11.8 Å². The van der Waals surface area contributed by atoms with Crippen LogP contribution in [0.2, 0.25) is 0 Å². The van der Waals surface area contributed by atoms with Gasteiger partial charge in [0.05, 0.1) is 5.92 Å². The van der Waals surface area contributed by atoms with E-state index >= 15 is 0 Å². The number of piperidine rings is 1. The number of nitrogens with two attached hydrogens (primary N) is 1. The number of hydrogen-bond donors (Lipinski definition) is 2. The first kappa shape index (κ1) is 12.8. The molecule has 6 heteroatoms. The lowest BCUT2D eigenvalue weighted by Gasteiger charge is -2.31. The summed E-state index contributed by atoms with van der Waals surface area (Å²) in [6.45, 7) is 3.45. The Balaban J connectivity index is 1.72. The fourth-order valence-electron chi connectivity index (χ4n) is 2.21. The number of anilines is 1. The van der Waals surface area contributed by atoms with Gasteiger partial charge in [-0.2, -0.15) is 0 Å². The van der Waals surface area contributed by atoms with Gasteiger partial charge in [-0.05, 0) is 25.5 Å². The molecule has 0 radical (unpaired) electrons. The van der Waals surface area contributed by atoms with Crippen LogP contribution in [0.5, 0.6) is 0 Å². The molecule has 0 spiro atoms. The van der Waals surface area contributed by atoms with Crippen LogP contribution < -0.4 is 11.1 Å². The molecule has 2 heterocycles. The summed E-state index contributed by atoms with van der Waals surface area (Å²) >= 11 is 0. The molecule has 0 unspecified atom stereocenters.